The standard InChI is InChI=1S/C17H16N4O2/c1-12-9-16(21-23-12)20-17(22)15-10-14(7-8-18-15)19-11-13-5-3-2-4-6-13/h2-10H,11H2,1H3,(H,18,19)(H,20,21,22). The van der Waals surface area contributed by atoms with Crippen molar-refractivity contribution >= 4 is 17.4 Å². The number of benzene rings is 1. The van der Waals surface area contributed by atoms with Crippen molar-refractivity contribution in [1.82, 2.24) is 10.1 Å². The molecule has 0 aliphatic heterocycles. The van der Waals surface area contributed by atoms with Gasteiger partial charge < -0.3 is 15.2 Å². The zero-order valence-corrected chi connectivity index (χ0v) is 12.6. The Morgan fingerprint density at radius 1 is 1.17 bits per heavy atom. The third kappa shape index (κ3) is 3.94. The van der Waals surface area contributed by atoms with Gasteiger partial charge >= 0.3 is 0 Å². The molecule has 2 aromatic heterocycles. The van der Waals surface area contributed by atoms with Gasteiger partial charge in [-0.05, 0) is 24.6 Å². The Morgan fingerprint density at radius 3 is 2.74 bits per heavy atom. The number of amides is 1. The minimum absolute atomic E-state index is 0.309. The number of carbonyl (C=O) groups is 1. The van der Waals surface area contributed by atoms with Gasteiger partial charge in [0.05, 0.1) is 0 Å². The van der Waals surface area contributed by atoms with Crippen LogP contribution in [0.5, 0.6) is 0 Å². The highest BCUT2D eigenvalue weighted by molar-refractivity contribution is 6.02. The van der Waals surface area contributed by atoms with Crippen LogP contribution in [0.2, 0.25) is 0 Å². The number of aryl methyl sites for hydroxylation is 1. The van der Waals surface area contributed by atoms with Gasteiger partial charge in [0.15, 0.2) is 5.82 Å². The summed E-state index contributed by atoms with van der Waals surface area (Å²) in [7, 11) is 0. The Bertz CT molecular complexity index is 799. The molecule has 0 fully saturated rings. The highest BCUT2D eigenvalue weighted by Gasteiger charge is 2.10. The number of anilines is 2. The fourth-order valence-electron chi connectivity index (χ4n) is 2.07. The number of nitrogens with zero attached hydrogens (tertiary/aromatic N) is 2. The largest absolute Gasteiger partial charge is 0.381 e. The molecule has 0 unspecified atom stereocenters. The van der Waals surface area contributed by atoms with Crippen molar-refractivity contribution in [2.45, 2.75) is 13.5 Å². The minimum Gasteiger partial charge on any atom is -0.381 e. The number of carbonyl (C=O) groups excluding carboxylic acids is 1. The molecule has 23 heavy (non-hydrogen) atoms. The second-order valence-corrected chi connectivity index (χ2v) is 5.05. The van der Waals surface area contributed by atoms with E-state index in [2.05, 4.69) is 20.8 Å². The first-order valence-electron chi connectivity index (χ1n) is 7.19. The predicted molar refractivity (Wildman–Crippen MR) is 87.2 cm³/mol. The molecule has 1 amide bonds. The summed E-state index contributed by atoms with van der Waals surface area (Å²) in [5.74, 6) is 0.671. The molecule has 0 spiro atoms. The van der Waals surface area contributed by atoms with Gasteiger partial charge in [-0.15, -0.1) is 0 Å². The lowest BCUT2D eigenvalue weighted by atomic mass is 10.2. The normalized spacial score (nSPS) is 10.3. The first-order chi connectivity index (χ1) is 11.2. The summed E-state index contributed by atoms with van der Waals surface area (Å²) in [4.78, 5) is 16.3. The van der Waals surface area contributed by atoms with Gasteiger partial charge in [0, 0.05) is 24.5 Å². The molecule has 6 heteroatoms. The number of pyridine rings is 1. The van der Waals surface area contributed by atoms with Crippen molar-refractivity contribution in [3.05, 3.63) is 71.7 Å². The Kier molecular flexibility index (Phi) is 4.33. The van der Waals surface area contributed by atoms with E-state index in [1.807, 2.05) is 36.4 Å². The average Bonchev–Trinajstić information content (AvgIpc) is 2.99. The molecule has 0 aliphatic carbocycles. The topological polar surface area (TPSA) is 80.0 Å². The summed E-state index contributed by atoms with van der Waals surface area (Å²) in [5, 5.41) is 9.65. The molecule has 0 radical (unpaired) electrons. The maximum Gasteiger partial charge on any atom is 0.275 e. The summed E-state index contributed by atoms with van der Waals surface area (Å²) >= 11 is 0. The van der Waals surface area contributed by atoms with E-state index in [9.17, 15) is 4.79 Å². The molecule has 0 bridgehead atoms. The number of hydrogen-bond donors (Lipinski definition) is 2. The first-order valence-corrected chi connectivity index (χ1v) is 7.19. The van der Waals surface area contributed by atoms with Gasteiger partial charge in [0.25, 0.3) is 5.91 Å². The molecular formula is C17H16N4O2. The van der Waals surface area contributed by atoms with E-state index in [-0.39, 0.29) is 5.91 Å². The van der Waals surface area contributed by atoms with E-state index in [1.54, 1.807) is 25.3 Å². The van der Waals surface area contributed by atoms with Crippen molar-refractivity contribution in [3.8, 4) is 0 Å². The molecule has 0 aliphatic rings. The predicted octanol–water partition coefficient (Wildman–Crippen LogP) is 3.24. The van der Waals surface area contributed by atoms with Crippen LogP contribution in [-0.2, 0) is 6.54 Å². The Hall–Kier alpha value is -3.15. The van der Waals surface area contributed by atoms with E-state index >= 15 is 0 Å². The lowest BCUT2D eigenvalue weighted by molar-refractivity contribution is 0.102. The Morgan fingerprint density at radius 2 is 2.00 bits per heavy atom. The van der Waals surface area contributed by atoms with E-state index in [0.717, 1.165) is 11.3 Å². The van der Waals surface area contributed by atoms with Crippen LogP contribution in [0.15, 0.2) is 59.3 Å². The van der Waals surface area contributed by atoms with E-state index in [4.69, 9.17) is 4.52 Å². The Labute approximate surface area is 133 Å². The van der Waals surface area contributed by atoms with Crippen molar-refractivity contribution < 1.29 is 9.32 Å². The monoisotopic (exact) mass is 308 g/mol. The van der Waals surface area contributed by atoms with Crippen molar-refractivity contribution in [2.24, 2.45) is 0 Å². The van der Waals surface area contributed by atoms with Crippen LogP contribution in [0.1, 0.15) is 21.8 Å². The number of aromatic nitrogens is 2. The van der Waals surface area contributed by atoms with E-state index in [0.29, 0.717) is 23.8 Å². The fourth-order valence-corrected chi connectivity index (χ4v) is 2.07. The second-order valence-electron chi connectivity index (χ2n) is 5.05. The van der Waals surface area contributed by atoms with E-state index < -0.39 is 0 Å². The highest BCUT2D eigenvalue weighted by Crippen LogP contribution is 2.13. The quantitative estimate of drug-likeness (QED) is 0.756. The van der Waals surface area contributed by atoms with Gasteiger partial charge in [0.1, 0.15) is 11.5 Å². The van der Waals surface area contributed by atoms with E-state index in [1.165, 1.54) is 0 Å². The molecule has 0 saturated carbocycles. The molecule has 116 valence electrons. The summed E-state index contributed by atoms with van der Waals surface area (Å²) < 4.78 is 4.92. The van der Waals surface area contributed by atoms with Crippen LogP contribution in [0.3, 0.4) is 0 Å². The van der Waals surface area contributed by atoms with Crippen LogP contribution in [0, 0.1) is 6.92 Å². The summed E-state index contributed by atoms with van der Waals surface area (Å²) in [6.45, 7) is 2.43. The van der Waals surface area contributed by atoms with Gasteiger partial charge in [-0.3, -0.25) is 9.78 Å². The number of nitrogens with one attached hydrogen (secondary N) is 2. The third-order valence-corrected chi connectivity index (χ3v) is 3.20. The molecule has 0 atom stereocenters. The van der Waals surface area contributed by atoms with Crippen LogP contribution in [0.4, 0.5) is 11.5 Å². The number of hydrogen-bond acceptors (Lipinski definition) is 5. The maximum absolute atomic E-state index is 12.2. The molecule has 0 saturated heterocycles. The van der Waals surface area contributed by atoms with Gasteiger partial charge in [0.2, 0.25) is 0 Å². The smallest absolute Gasteiger partial charge is 0.275 e. The minimum atomic E-state index is -0.332. The SMILES string of the molecule is Cc1cc(NC(=O)c2cc(NCc3ccccc3)ccn2)no1. The van der Waals surface area contributed by atoms with Crippen molar-refractivity contribution in [2.75, 3.05) is 10.6 Å². The molecule has 3 rings (SSSR count). The summed E-state index contributed by atoms with van der Waals surface area (Å²) in [5.41, 5.74) is 2.29. The fraction of sp³-hybridized carbons (Fsp3) is 0.118. The average molecular weight is 308 g/mol. The summed E-state index contributed by atoms with van der Waals surface area (Å²) in [6, 6.07) is 15.2. The van der Waals surface area contributed by atoms with Crippen molar-refractivity contribution in [1.29, 1.82) is 0 Å². The molecule has 2 N–H and O–H groups in total. The molecule has 2 heterocycles. The maximum atomic E-state index is 12.2. The van der Waals surface area contributed by atoms with Crippen LogP contribution in [0.25, 0.3) is 0 Å². The van der Waals surface area contributed by atoms with Crippen LogP contribution >= 0.6 is 0 Å². The lowest BCUT2D eigenvalue weighted by Gasteiger charge is -2.07. The van der Waals surface area contributed by atoms with Gasteiger partial charge in [-0.2, -0.15) is 0 Å². The molecular weight excluding hydrogens is 292 g/mol. The molecule has 3 aromatic rings. The Balaban J connectivity index is 1.65. The van der Waals surface area contributed by atoms with Crippen LogP contribution in [-0.4, -0.2) is 16.0 Å². The molecule has 6 nitrogen and oxygen atoms in total. The summed E-state index contributed by atoms with van der Waals surface area (Å²) in [6.07, 6.45) is 1.59. The van der Waals surface area contributed by atoms with Gasteiger partial charge in [-0.25, -0.2) is 0 Å². The third-order valence-electron chi connectivity index (χ3n) is 3.20. The zero-order chi connectivity index (χ0) is 16.1. The molecule has 1 aromatic carbocycles. The lowest BCUT2D eigenvalue weighted by Crippen LogP contribution is -2.14. The first kappa shape index (κ1) is 14.8. The highest BCUT2D eigenvalue weighted by atomic mass is 16.5. The zero-order valence-electron chi connectivity index (χ0n) is 12.6. The number of rotatable bonds is 5. The van der Waals surface area contributed by atoms with Gasteiger partial charge in [-0.1, -0.05) is 35.5 Å². The second kappa shape index (κ2) is 6.74. The van der Waals surface area contributed by atoms with Crippen LogP contribution < -0.4 is 10.6 Å². The van der Waals surface area contributed by atoms with Crippen molar-refractivity contribution in [3.63, 3.8) is 0 Å².